The predicted molar refractivity (Wildman–Crippen MR) is 93.8 cm³/mol. The van der Waals surface area contributed by atoms with Gasteiger partial charge in [0.1, 0.15) is 0 Å². The van der Waals surface area contributed by atoms with E-state index in [1.165, 1.54) is 64.2 Å². The monoisotopic (exact) mass is 305 g/mol. The maximum atomic E-state index is 6.12. The highest BCUT2D eigenvalue weighted by molar-refractivity contribution is 5.79. The van der Waals surface area contributed by atoms with Crippen LogP contribution in [0.3, 0.4) is 0 Å². The minimum Gasteiger partial charge on any atom is -0.370 e. The highest BCUT2D eigenvalue weighted by Crippen LogP contribution is 2.51. The topological polar surface area (TPSA) is 50.4 Å². The average Bonchev–Trinajstić information content (AvgIpc) is 2.89. The van der Waals surface area contributed by atoms with E-state index in [1.807, 2.05) is 0 Å². The maximum absolute atomic E-state index is 6.12. The van der Waals surface area contributed by atoms with Crippen LogP contribution >= 0.6 is 0 Å². The number of nitrogens with two attached hydrogens (primary N) is 1. The number of nitrogens with one attached hydrogen (secondary N) is 1. The van der Waals surface area contributed by atoms with Crippen molar-refractivity contribution in [1.29, 1.82) is 0 Å². The molecule has 0 unspecified atom stereocenters. The van der Waals surface area contributed by atoms with Crippen molar-refractivity contribution in [3.63, 3.8) is 0 Å². The number of nitrogens with zero attached hydrogens (tertiary/aromatic N) is 1. The summed E-state index contributed by atoms with van der Waals surface area (Å²) in [4.78, 5) is 4.94. The fourth-order valence-electron chi connectivity index (χ4n) is 5.68. The van der Waals surface area contributed by atoms with Gasteiger partial charge in [-0.3, -0.25) is 0 Å². The molecule has 2 aliphatic carbocycles. The molecule has 0 aromatic heterocycles. The van der Waals surface area contributed by atoms with Crippen LogP contribution in [0.1, 0.15) is 78.1 Å². The summed E-state index contributed by atoms with van der Waals surface area (Å²) in [6.45, 7) is 4.64. The molecule has 3 heteroatoms. The van der Waals surface area contributed by atoms with Gasteiger partial charge in [0.15, 0.2) is 5.96 Å². The Morgan fingerprint density at radius 3 is 2.73 bits per heavy atom. The predicted octanol–water partition coefficient (Wildman–Crippen LogP) is 4.07. The summed E-state index contributed by atoms with van der Waals surface area (Å²) in [7, 11) is 0. The van der Waals surface area contributed by atoms with Gasteiger partial charge >= 0.3 is 0 Å². The zero-order chi connectivity index (χ0) is 15.5. The largest absolute Gasteiger partial charge is 0.370 e. The average molecular weight is 306 g/mol. The summed E-state index contributed by atoms with van der Waals surface area (Å²) in [6, 6.07) is 1.14. The third-order valence-electron chi connectivity index (χ3n) is 6.57. The third kappa shape index (κ3) is 3.14. The minimum absolute atomic E-state index is 0.519. The van der Waals surface area contributed by atoms with Crippen LogP contribution in [-0.4, -0.2) is 18.0 Å². The van der Waals surface area contributed by atoms with Crippen LogP contribution in [0, 0.1) is 23.7 Å². The van der Waals surface area contributed by atoms with Crippen LogP contribution in [0.25, 0.3) is 0 Å². The van der Waals surface area contributed by atoms with Crippen LogP contribution in [0.15, 0.2) is 4.99 Å². The lowest BCUT2D eigenvalue weighted by atomic mass is 9.63. The van der Waals surface area contributed by atoms with E-state index in [2.05, 4.69) is 19.2 Å². The van der Waals surface area contributed by atoms with Crippen molar-refractivity contribution in [3.05, 3.63) is 0 Å². The van der Waals surface area contributed by atoms with E-state index in [0.29, 0.717) is 12.1 Å². The van der Waals surface area contributed by atoms with Gasteiger partial charge < -0.3 is 11.1 Å². The van der Waals surface area contributed by atoms with Crippen molar-refractivity contribution in [2.45, 2.75) is 90.1 Å². The molecule has 1 heterocycles. The molecular formula is C19H35N3. The van der Waals surface area contributed by atoms with Crippen molar-refractivity contribution < 1.29 is 0 Å². The van der Waals surface area contributed by atoms with E-state index in [0.717, 1.165) is 29.6 Å². The van der Waals surface area contributed by atoms with Gasteiger partial charge in [-0.05, 0) is 43.4 Å². The van der Waals surface area contributed by atoms with Gasteiger partial charge in [-0.15, -0.1) is 0 Å². The molecule has 0 bridgehead atoms. The Kier molecular flexibility index (Phi) is 5.30. The molecule has 0 spiro atoms. The van der Waals surface area contributed by atoms with Gasteiger partial charge in [-0.2, -0.15) is 0 Å². The number of hydrogen-bond donors (Lipinski definition) is 2. The van der Waals surface area contributed by atoms with Crippen molar-refractivity contribution in [2.75, 3.05) is 0 Å². The Bertz CT molecular complexity index is 392. The van der Waals surface area contributed by atoms with Crippen molar-refractivity contribution in [2.24, 2.45) is 34.4 Å². The summed E-state index contributed by atoms with van der Waals surface area (Å²) in [5, 5.41) is 3.48. The van der Waals surface area contributed by atoms with Gasteiger partial charge in [-0.1, -0.05) is 52.4 Å². The molecule has 0 amide bonds. The summed E-state index contributed by atoms with van der Waals surface area (Å²) >= 11 is 0. The quantitative estimate of drug-likeness (QED) is 0.696. The molecule has 0 radical (unpaired) electrons. The normalized spacial score (nSPS) is 40.0. The lowest BCUT2D eigenvalue weighted by Gasteiger charge is -2.47. The molecule has 3 nitrogen and oxygen atoms in total. The molecule has 6 atom stereocenters. The van der Waals surface area contributed by atoms with Gasteiger partial charge in [0, 0.05) is 12.0 Å². The van der Waals surface area contributed by atoms with Crippen molar-refractivity contribution >= 4 is 5.96 Å². The summed E-state index contributed by atoms with van der Waals surface area (Å²) in [5.74, 6) is 4.09. The van der Waals surface area contributed by atoms with Gasteiger partial charge in [0.05, 0.1) is 6.04 Å². The molecule has 1 aliphatic heterocycles. The van der Waals surface area contributed by atoms with Crippen LogP contribution in [0.2, 0.25) is 0 Å². The van der Waals surface area contributed by atoms with E-state index >= 15 is 0 Å². The van der Waals surface area contributed by atoms with E-state index in [1.54, 1.807) is 0 Å². The summed E-state index contributed by atoms with van der Waals surface area (Å²) in [5.41, 5.74) is 6.12. The molecule has 2 saturated carbocycles. The molecule has 3 N–H and O–H groups in total. The molecule has 126 valence electrons. The highest BCUT2D eigenvalue weighted by Gasteiger charge is 2.51. The molecule has 3 aliphatic rings. The van der Waals surface area contributed by atoms with Gasteiger partial charge in [-0.25, -0.2) is 4.99 Å². The number of unbranched alkanes of at least 4 members (excludes halogenated alkanes) is 3. The van der Waals surface area contributed by atoms with Crippen LogP contribution in [-0.2, 0) is 0 Å². The zero-order valence-electron chi connectivity index (χ0n) is 14.6. The molecule has 2 fully saturated rings. The smallest absolute Gasteiger partial charge is 0.189 e. The van der Waals surface area contributed by atoms with Crippen molar-refractivity contribution in [1.82, 2.24) is 5.32 Å². The number of hydrogen-bond acceptors (Lipinski definition) is 3. The first kappa shape index (κ1) is 16.1. The van der Waals surface area contributed by atoms with Crippen LogP contribution in [0.4, 0.5) is 0 Å². The lowest BCUT2D eigenvalue weighted by Crippen LogP contribution is -2.56. The summed E-state index contributed by atoms with van der Waals surface area (Å²) in [6.07, 6.45) is 13.8. The lowest BCUT2D eigenvalue weighted by molar-refractivity contribution is 0.0749. The van der Waals surface area contributed by atoms with Gasteiger partial charge in [0.25, 0.3) is 0 Å². The summed E-state index contributed by atoms with van der Waals surface area (Å²) < 4.78 is 0. The number of guanidine groups is 1. The Morgan fingerprint density at radius 1 is 1.09 bits per heavy atom. The Balaban J connectivity index is 1.74. The van der Waals surface area contributed by atoms with E-state index in [4.69, 9.17) is 10.7 Å². The first-order chi connectivity index (χ1) is 10.7. The molecular weight excluding hydrogens is 270 g/mol. The molecule has 0 aromatic carbocycles. The second-order valence-corrected chi connectivity index (χ2v) is 7.97. The Morgan fingerprint density at radius 2 is 1.95 bits per heavy atom. The fraction of sp³-hybridized carbons (Fsp3) is 0.947. The highest BCUT2D eigenvalue weighted by atomic mass is 15.2. The molecule has 0 aromatic rings. The first-order valence-corrected chi connectivity index (χ1v) is 9.84. The first-order valence-electron chi connectivity index (χ1n) is 9.84. The molecule has 0 saturated heterocycles. The van der Waals surface area contributed by atoms with Gasteiger partial charge in [0.2, 0.25) is 0 Å². The van der Waals surface area contributed by atoms with Crippen LogP contribution in [0.5, 0.6) is 0 Å². The number of aliphatic imine (C=N–C) groups is 1. The molecule has 3 rings (SSSR count). The van der Waals surface area contributed by atoms with Crippen LogP contribution < -0.4 is 11.1 Å². The third-order valence-corrected chi connectivity index (χ3v) is 6.57. The Hall–Kier alpha value is -0.730. The zero-order valence-corrected chi connectivity index (χ0v) is 14.6. The Labute approximate surface area is 136 Å². The van der Waals surface area contributed by atoms with Crippen molar-refractivity contribution in [3.8, 4) is 0 Å². The molecule has 22 heavy (non-hydrogen) atoms. The van der Waals surface area contributed by atoms with E-state index in [9.17, 15) is 0 Å². The minimum atomic E-state index is 0.519. The second-order valence-electron chi connectivity index (χ2n) is 7.97. The fourth-order valence-corrected chi connectivity index (χ4v) is 5.68. The van der Waals surface area contributed by atoms with E-state index < -0.39 is 0 Å². The second kappa shape index (κ2) is 7.23. The SMILES string of the molecule is CCCCCC[C@@H]1[C@H](CCC)C[C@@H]2CC[C@@H]3NC(N)=N[C@H]1[C@H]23. The number of rotatable bonds is 7. The van der Waals surface area contributed by atoms with E-state index in [-0.39, 0.29) is 0 Å². The maximum Gasteiger partial charge on any atom is 0.189 e. The standard InChI is InChI=1S/C19H35N3/c1-3-5-6-7-9-15-13(8-4-2)12-14-10-11-16-17(14)18(15)22-19(20)21-16/h13-18H,3-12H2,1-2H3,(H3,20,21,22)/t13-,14+,15-,16+,17-,18-/m1/s1.